The molecule has 6 rings (SSSR count). The number of carbonyl (C=O) groups excluding carboxylic acids is 1. The zero-order chi connectivity index (χ0) is 43.0. The maximum Gasteiger partial charge on any atom is 0.425 e. The van der Waals surface area contributed by atoms with Crippen LogP contribution in [0.15, 0.2) is 54.1 Å². The standard InChI is InChI=1S/C43H53F5N4O6S/c1-5-28-24-41(28)42(58-29-23-34(59-25-29)43(46,47)48,15-10-19-52(41)36(53)35-32(39(4,44)45)13-8-18-50-35)38(56)51-20-16-40(26-49,17-21-51)31-12-6-7-14-33(31)57-22-9-11-30(27(2)3)37(54)55/h6-8,12-14,18,23,25,27-28,30-31,33,36,53H,5,9-11,15-17,19-22,24H2,1-4H3,(H,54,55)/t28?,30?,31?,33?,36?,41-,42+/m0/s1. The molecule has 2 N–H and O–H groups in total. The van der Waals surface area contributed by atoms with Gasteiger partial charge < -0.3 is 24.6 Å². The molecule has 1 amide bonds. The number of hydrogen-bond acceptors (Lipinski definition) is 9. The smallest absolute Gasteiger partial charge is 0.425 e. The maximum atomic E-state index is 15.4. The molecule has 2 aromatic rings. The van der Waals surface area contributed by atoms with Crippen molar-refractivity contribution in [2.45, 2.75) is 115 Å². The number of aliphatic hydroxyl groups excluding tert-OH is 1. The van der Waals surface area contributed by atoms with E-state index in [-0.39, 0.29) is 74.5 Å². The molecule has 4 heterocycles. The van der Waals surface area contributed by atoms with Gasteiger partial charge in [0.25, 0.3) is 11.8 Å². The average Bonchev–Trinajstić information content (AvgIpc) is 3.73. The van der Waals surface area contributed by atoms with Gasteiger partial charge in [0, 0.05) is 62.3 Å². The number of alkyl halides is 5. The van der Waals surface area contributed by atoms with E-state index in [1.165, 1.54) is 23.7 Å². The molecule has 0 radical (unpaired) electrons. The summed E-state index contributed by atoms with van der Waals surface area (Å²) in [5.74, 6) is -6.07. The number of aliphatic hydroxyl groups is 1. The van der Waals surface area contributed by atoms with Crippen LogP contribution < -0.4 is 4.74 Å². The number of carbonyl (C=O) groups is 2. The Bertz CT molecular complexity index is 1930. The lowest BCUT2D eigenvalue weighted by Gasteiger charge is -2.53. The minimum atomic E-state index is -4.66. The van der Waals surface area contributed by atoms with Crippen LogP contribution in [-0.2, 0) is 26.4 Å². The lowest BCUT2D eigenvalue weighted by molar-refractivity contribution is -0.182. The number of nitriles is 1. The predicted molar refractivity (Wildman–Crippen MR) is 209 cm³/mol. The molecular formula is C43H53F5N4O6S. The van der Waals surface area contributed by atoms with Crippen molar-refractivity contribution in [2.24, 2.45) is 29.1 Å². The predicted octanol–water partition coefficient (Wildman–Crippen LogP) is 8.74. The topological polar surface area (TPSA) is 136 Å². The van der Waals surface area contributed by atoms with Gasteiger partial charge in [-0.05, 0) is 68.9 Å². The molecule has 16 heteroatoms. The highest BCUT2D eigenvalue weighted by Crippen LogP contribution is 2.64. The van der Waals surface area contributed by atoms with Gasteiger partial charge in [0.2, 0.25) is 5.60 Å². The number of aliphatic carboxylic acids is 1. The maximum absolute atomic E-state index is 15.4. The summed E-state index contributed by atoms with van der Waals surface area (Å²) in [4.78, 5) is 33.5. The number of aromatic nitrogens is 1. The van der Waals surface area contributed by atoms with Crippen molar-refractivity contribution in [2.75, 3.05) is 26.2 Å². The summed E-state index contributed by atoms with van der Waals surface area (Å²) in [5, 5.41) is 33.6. The minimum Gasteiger partial charge on any atom is -0.481 e. The van der Waals surface area contributed by atoms with Crippen LogP contribution in [0.25, 0.3) is 0 Å². The highest BCUT2D eigenvalue weighted by Gasteiger charge is 2.76. The van der Waals surface area contributed by atoms with Gasteiger partial charge in [-0.2, -0.15) is 18.4 Å². The summed E-state index contributed by atoms with van der Waals surface area (Å²) in [7, 11) is 0. The number of amides is 1. The lowest BCUT2D eigenvalue weighted by atomic mass is 9.66. The number of hydrogen-bond donors (Lipinski definition) is 2. The lowest BCUT2D eigenvalue weighted by Crippen LogP contribution is -2.71. The summed E-state index contributed by atoms with van der Waals surface area (Å²) in [6.07, 6.45) is 4.60. The third kappa shape index (κ3) is 8.54. The molecule has 3 fully saturated rings. The summed E-state index contributed by atoms with van der Waals surface area (Å²) >= 11 is 0.439. The highest BCUT2D eigenvalue weighted by molar-refractivity contribution is 7.10. The molecule has 1 spiro atoms. The first kappa shape index (κ1) is 44.6. The monoisotopic (exact) mass is 848 g/mol. The van der Waals surface area contributed by atoms with Crippen molar-refractivity contribution in [1.29, 1.82) is 5.26 Å². The van der Waals surface area contributed by atoms with Gasteiger partial charge in [0.1, 0.15) is 10.6 Å². The number of piperidine rings is 2. The molecule has 2 saturated heterocycles. The van der Waals surface area contributed by atoms with Crippen LogP contribution in [0.2, 0.25) is 0 Å². The molecule has 2 aliphatic heterocycles. The van der Waals surface area contributed by atoms with Gasteiger partial charge in [-0.1, -0.05) is 51.5 Å². The van der Waals surface area contributed by atoms with Crippen LogP contribution in [-0.4, -0.2) is 80.4 Å². The normalized spacial score (nSPS) is 28.0. The molecule has 2 aliphatic carbocycles. The molecule has 10 nitrogen and oxygen atoms in total. The molecule has 0 aromatic carbocycles. The van der Waals surface area contributed by atoms with Crippen molar-refractivity contribution >= 4 is 23.2 Å². The van der Waals surface area contributed by atoms with Crippen LogP contribution in [0, 0.1) is 40.4 Å². The SMILES string of the molecule is CCC1C[C@]12N(C(O)c1ncccc1C(C)(F)F)CCC[C@@]2(Oc1csc(C(F)(F)F)c1)C(=O)N1CCC(C#N)(C2C=CC=CC2OCCCC(C(=O)O)C(C)C)CC1. The summed E-state index contributed by atoms with van der Waals surface area (Å²) < 4.78 is 84.3. The van der Waals surface area contributed by atoms with Crippen LogP contribution in [0.3, 0.4) is 0 Å². The van der Waals surface area contributed by atoms with Gasteiger partial charge in [0.15, 0.2) is 6.23 Å². The minimum absolute atomic E-state index is 0.0353. The zero-order valence-electron chi connectivity index (χ0n) is 33.8. The second-order valence-corrected chi connectivity index (χ2v) is 17.7. The van der Waals surface area contributed by atoms with E-state index in [0.29, 0.717) is 50.6 Å². The van der Waals surface area contributed by atoms with Crippen LogP contribution in [0.1, 0.15) is 101 Å². The van der Waals surface area contributed by atoms with E-state index in [4.69, 9.17) is 9.47 Å². The molecule has 59 heavy (non-hydrogen) atoms. The van der Waals surface area contributed by atoms with E-state index < -0.39 is 69.2 Å². The molecule has 0 bridgehead atoms. The number of likely N-dealkylation sites (tertiary alicyclic amines) is 2. The van der Waals surface area contributed by atoms with E-state index >= 15 is 4.79 Å². The van der Waals surface area contributed by atoms with Crippen molar-refractivity contribution in [1.82, 2.24) is 14.8 Å². The number of carboxylic acid groups (broad SMARTS) is 1. The highest BCUT2D eigenvalue weighted by atomic mass is 32.1. The van der Waals surface area contributed by atoms with Crippen molar-refractivity contribution in [3.05, 3.63) is 70.2 Å². The molecule has 1 saturated carbocycles. The van der Waals surface area contributed by atoms with Crippen LogP contribution in [0.5, 0.6) is 5.75 Å². The molecule has 322 valence electrons. The fourth-order valence-electron chi connectivity index (χ4n) is 9.86. The van der Waals surface area contributed by atoms with Crippen molar-refractivity contribution in [3.63, 3.8) is 0 Å². The van der Waals surface area contributed by atoms with Gasteiger partial charge in [-0.25, -0.2) is 8.78 Å². The molecule has 4 aliphatic rings. The number of pyridine rings is 1. The van der Waals surface area contributed by atoms with E-state index in [2.05, 4.69) is 11.1 Å². The number of rotatable bonds is 15. The van der Waals surface area contributed by atoms with E-state index in [1.54, 1.807) is 9.80 Å². The van der Waals surface area contributed by atoms with Gasteiger partial charge in [-0.3, -0.25) is 19.5 Å². The molecule has 5 unspecified atom stereocenters. The average molecular weight is 849 g/mol. The Hall–Kier alpha value is -3.91. The number of allylic oxidation sites excluding steroid dienone is 2. The largest absolute Gasteiger partial charge is 0.481 e. The number of thiophene rings is 1. The second kappa shape index (κ2) is 17.2. The summed E-state index contributed by atoms with van der Waals surface area (Å²) in [5.41, 5.74) is -4.82. The zero-order valence-corrected chi connectivity index (χ0v) is 34.6. The Morgan fingerprint density at radius 2 is 1.83 bits per heavy atom. The van der Waals surface area contributed by atoms with Crippen LogP contribution in [0.4, 0.5) is 22.0 Å². The Kier molecular flexibility index (Phi) is 13.0. The van der Waals surface area contributed by atoms with Crippen molar-refractivity contribution in [3.8, 4) is 11.8 Å². The van der Waals surface area contributed by atoms with Gasteiger partial charge in [-0.15, -0.1) is 11.3 Å². The number of ether oxygens (including phenoxy) is 2. The first-order valence-corrected chi connectivity index (χ1v) is 21.3. The Morgan fingerprint density at radius 1 is 1.12 bits per heavy atom. The first-order valence-electron chi connectivity index (χ1n) is 20.4. The van der Waals surface area contributed by atoms with E-state index in [0.717, 1.165) is 6.07 Å². The Balaban J connectivity index is 1.29. The molecule has 7 atom stereocenters. The number of carboxylic acids is 1. The quantitative estimate of drug-likeness (QED) is 0.133. The molecular weight excluding hydrogens is 796 g/mol. The first-order chi connectivity index (χ1) is 27.8. The van der Waals surface area contributed by atoms with E-state index in [1.807, 2.05) is 45.1 Å². The summed E-state index contributed by atoms with van der Waals surface area (Å²) in [6.45, 7) is 7.05. The van der Waals surface area contributed by atoms with E-state index in [9.17, 15) is 42.2 Å². The summed E-state index contributed by atoms with van der Waals surface area (Å²) in [6, 6.07) is 5.94. The van der Waals surface area contributed by atoms with Crippen molar-refractivity contribution < 1.29 is 51.2 Å². The van der Waals surface area contributed by atoms with Crippen LogP contribution >= 0.6 is 11.3 Å². The second-order valence-electron chi connectivity index (χ2n) is 16.8. The number of halogens is 5. The van der Waals surface area contributed by atoms with Gasteiger partial charge in [0.05, 0.1) is 34.7 Å². The fraction of sp³-hybridized carbons (Fsp3) is 0.628. The van der Waals surface area contributed by atoms with Gasteiger partial charge >= 0.3 is 12.1 Å². The Morgan fingerprint density at radius 3 is 2.42 bits per heavy atom. The fourth-order valence-corrected chi connectivity index (χ4v) is 10.5. The number of nitrogens with zero attached hydrogens (tertiary/aromatic N) is 4. The third-order valence-electron chi connectivity index (χ3n) is 13.0. The Labute approximate surface area is 345 Å². The molecule has 2 aromatic heterocycles. The third-order valence-corrected chi connectivity index (χ3v) is 14.0.